The van der Waals surface area contributed by atoms with Gasteiger partial charge >= 0.3 is 5.69 Å². The smallest absolute Gasteiger partial charge is 0.333 e. The van der Waals surface area contributed by atoms with E-state index in [2.05, 4.69) is 0 Å². The minimum atomic E-state index is -1.31. The molecule has 1 aliphatic heterocycles. The number of aliphatic hydroxyl groups excluding tert-OH is 1. The van der Waals surface area contributed by atoms with Crippen LogP contribution in [0, 0.1) is 0 Å². The van der Waals surface area contributed by atoms with Crippen molar-refractivity contribution in [1.29, 1.82) is 0 Å². The molecule has 3 aromatic rings. The summed E-state index contributed by atoms with van der Waals surface area (Å²) < 4.78 is 8.35. The maximum Gasteiger partial charge on any atom is 0.333 e. The van der Waals surface area contributed by atoms with Gasteiger partial charge in [0.15, 0.2) is 0 Å². The molecule has 1 fully saturated rings. The highest BCUT2D eigenvalue weighted by Gasteiger charge is 2.40. The number of hydrogen-bond donors (Lipinski definition) is 2. The first-order valence-corrected chi connectivity index (χ1v) is 8.34. The molecule has 2 heterocycles. The third-order valence-electron chi connectivity index (χ3n) is 4.86. The molecule has 0 aliphatic carbocycles. The van der Waals surface area contributed by atoms with Gasteiger partial charge in [0.1, 0.15) is 11.7 Å². The average molecular weight is 340 g/mol. The van der Waals surface area contributed by atoms with E-state index in [1.165, 1.54) is 4.57 Å². The highest BCUT2D eigenvalue weighted by molar-refractivity contribution is 5.78. The average Bonchev–Trinajstić information content (AvgIpc) is 3.19. The van der Waals surface area contributed by atoms with E-state index in [0.29, 0.717) is 13.0 Å². The van der Waals surface area contributed by atoms with Gasteiger partial charge in [-0.3, -0.25) is 9.13 Å². The van der Waals surface area contributed by atoms with E-state index in [1.54, 1.807) is 4.57 Å². The molecule has 0 amide bonds. The van der Waals surface area contributed by atoms with Crippen molar-refractivity contribution in [2.75, 3.05) is 13.2 Å². The fraction of sp³-hybridized carbons (Fsp3) is 0.316. The Kier molecular flexibility index (Phi) is 3.95. The van der Waals surface area contributed by atoms with Crippen molar-refractivity contribution in [1.82, 2.24) is 9.13 Å². The van der Waals surface area contributed by atoms with E-state index in [-0.39, 0.29) is 18.8 Å². The topological polar surface area (TPSA) is 76.6 Å². The van der Waals surface area contributed by atoms with Gasteiger partial charge in [-0.2, -0.15) is 0 Å². The number of hydrogen-bond acceptors (Lipinski definition) is 4. The Morgan fingerprint density at radius 1 is 1.08 bits per heavy atom. The molecule has 4 rings (SSSR count). The number of nitrogens with zero attached hydrogens (tertiary/aromatic N) is 2. The molecule has 6 nitrogen and oxygen atoms in total. The van der Waals surface area contributed by atoms with Crippen LogP contribution in [0.4, 0.5) is 0 Å². The Balaban J connectivity index is 1.82. The monoisotopic (exact) mass is 340 g/mol. The lowest BCUT2D eigenvalue weighted by molar-refractivity contribution is -0.0824. The van der Waals surface area contributed by atoms with Crippen molar-refractivity contribution in [3.63, 3.8) is 0 Å². The summed E-state index contributed by atoms with van der Waals surface area (Å²) in [5.41, 5.74) is 0.697. The highest BCUT2D eigenvalue weighted by atomic mass is 16.5. The number of aromatic nitrogens is 2. The van der Waals surface area contributed by atoms with E-state index >= 15 is 0 Å². The second kappa shape index (κ2) is 6.15. The zero-order chi connectivity index (χ0) is 17.4. The molecule has 0 bridgehead atoms. The van der Waals surface area contributed by atoms with Gasteiger partial charge in [0.25, 0.3) is 0 Å². The van der Waals surface area contributed by atoms with Crippen LogP contribution < -0.4 is 5.69 Å². The SMILES string of the molecule is O=c1n(CC(O)C2(O)CCOC2)c2ccccc2n1-c1ccccc1. The van der Waals surface area contributed by atoms with Gasteiger partial charge < -0.3 is 14.9 Å². The van der Waals surface area contributed by atoms with Gasteiger partial charge in [-0.25, -0.2) is 4.79 Å². The van der Waals surface area contributed by atoms with Crippen LogP contribution in [0.3, 0.4) is 0 Å². The molecule has 0 radical (unpaired) electrons. The number of aliphatic hydroxyl groups is 2. The summed E-state index contributed by atoms with van der Waals surface area (Å²) in [6.07, 6.45) is -0.719. The van der Waals surface area contributed by atoms with Crippen LogP contribution in [0.5, 0.6) is 0 Å². The molecule has 0 spiro atoms. The number of benzene rings is 2. The maximum atomic E-state index is 13.0. The molecule has 1 aromatic heterocycles. The minimum absolute atomic E-state index is 0.0129. The highest BCUT2D eigenvalue weighted by Crippen LogP contribution is 2.25. The van der Waals surface area contributed by atoms with E-state index < -0.39 is 11.7 Å². The molecule has 25 heavy (non-hydrogen) atoms. The molecule has 2 atom stereocenters. The van der Waals surface area contributed by atoms with Crippen LogP contribution in [-0.4, -0.2) is 44.3 Å². The molecular formula is C19H20N2O4. The first-order valence-electron chi connectivity index (χ1n) is 8.34. The molecule has 6 heteroatoms. The van der Waals surface area contributed by atoms with E-state index in [0.717, 1.165) is 16.7 Å². The quantitative estimate of drug-likeness (QED) is 0.751. The summed E-state index contributed by atoms with van der Waals surface area (Å²) in [4.78, 5) is 13.0. The Hall–Kier alpha value is -2.41. The van der Waals surface area contributed by atoms with Crippen molar-refractivity contribution in [2.24, 2.45) is 0 Å². The maximum absolute atomic E-state index is 13.0. The van der Waals surface area contributed by atoms with Crippen molar-refractivity contribution >= 4 is 11.0 Å². The molecule has 2 N–H and O–H groups in total. The lowest BCUT2D eigenvalue weighted by Crippen LogP contribution is -2.46. The van der Waals surface area contributed by atoms with Crippen LogP contribution in [0.1, 0.15) is 6.42 Å². The fourth-order valence-corrected chi connectivity index (χ4v) is 3.39. The second-order valence-electron chi connectivity index (χ2n) is 6.47. The van der Waals surface area contributed by atoms with Crippen molar-refractivity contribution in [3.05, 3.63) is 65.1 Å². The van der Waals surface area contributed by atoms with Crippen molar-refractivity contribution in [2.45, 2.75) is 24.7 Å². The zero-order valence-corrected chi connectivity index (χ0v) is 13.7. The zero-order valence-electron chi connectivity index (χ0n) is 13.7. The Morgan fingerprint density at radius 3 is 2.44 bits per heavy atom. The largest absolute Gasteiger partial charge is 0.388 e. The van der Waals surface area contributed by atoms with Gasteiger partial charge in [0, 0.05) is 13.0 Å². The first kappa shape index (κ1) is 16.1. The lowest BCUT2D eigenvalue weighted by Gasteiger charge is -2.27. The summed E-state index contributed by atoms with van der Waals surface area (Å²) >= 11 is 0. The summed E-state index contributed by atoms with van der Waals surface area (Å²) in [6, 6.07) is 16.8. The molecule has 2 unspecified atom stereocenters. The van der Waals surface area contributed by atoms with Crippen LogP contribution in [0.2, 0.25) is 0 Å². The van der Waals surface area contributed by atoms with E-state index in [1.807, 2.05) is 54.6 Å². The summed E-state index contributed by atoms with van der Waals surface area (Å²) in [7, 11) is 0. The van der Waals surface area contributed by atoms with Crippen LogP contribution in [0.25, 0.3) is 16.7 Å². The van der Waals surface area contributed by atoms with Gasteiger partial charge in [-0.05, 0) is 24.3 Å². The lowest BCUT2D eigenvalue weighted by atomic mass is 9.96. The third-order valence-corrected chi connectivity index (χ3v) is 4.86. The minimum Gasteiger partial charge on any atom is -0.388 e. The van der Waals surface area contributed by atoms with Gasteiger partial charge in [0.2, 0.25) is 0 Å². The summed E-state index contributed by atoms with van der Waals surface area (Å²) in [5.74, 6) is 0. The van der Waals surface area contributed by atoms with Crippen molar-refractivity contribution in [3.8, 4) is 5.69 Å². The predicted molar refractivity (Wildman–Crippen MR) is 93.9 cm³/mol. The molecule has 1 aliphatic rings. The van der Waals surface area contributed by atoms with Crippen LogP contribution >= 0.6 is 0 Å². The normalized spacial score (nSPS) is 21.7. The summed E-state index contributed by atoms with van der Waals surface area (Å²) in [6.45, 7) is 0.507. The molecule has 2 aromatic carbocycles. The Morgan fingerprint density at radius 2 is 1.76 bits per heavy atom. The van der Waals surface area contributed by atoms with E-state index in [4.69, 9.17) is 4.74 Å². The van der Waals surface area contributed by atoms with Gasteiger partial charge in [-0.1, -0.05) is 30.3 Å². The number of imidazole rings is 1. The number of para-hydroxylation sites is 3. The van der Waals surface area contributed by atoms with Crippen LogP contribution in [0.15, 0.2) is 59.4 Å². The second-order valence-corrected chi connectivity index (χ2v) is 6.47. The van der Waals surface area contributed by atoms with E-state index in [9.17, 15) is 15.0 Å². The summed E-state index contributed by atoms with van der Waals surface area (Å²) in [5, 5.41) is 21.0. The van der Waals surface area contributed by atoms with Gasteiger partial charge in [0.05, 0.1) is 29.9 Å². The predicted octanol–water partition coefficient (Wildman–Crippen LogP) is 1.30. The Labute approximate surface area is 144 Å². The molecular weight excluding hydrogens is 320 g/mol. The fourth-order valence-electron chi connectivity index (χ4n) is 3.39. The van der Waals surface area contributed by atoms with Gasteiger partial charge in [-0.15, -0.1) is 0 Å². The van der Waals surface area contributed by atoms with Crippen molar-refractivity contribution < 1.29 is 14.9 Å². The third kappa shape index (κ3) is 2.68. The number of ether oxygens (including phenoxy) is 1. The number of rotatable bonds is 4. The first-order chi connectivity index (χ1) is 12.1. The molecule has 0 saturated carbocycles. The standard InChI is InChI=1S/C19H20N2O4/c22-17(19(24)10-11-25-13-19)12-20-15-8-4-5-9-16(15)21(18(20)23)14-6-2-1-3-7-14/h1-9,17,22,24H,10-13H2. The van der Waals surface area contributed by atoms with Crippen LogP contribution in [-0.2, 0) is 11.3 Å². The Bertz CT molecular complexity index is 939. The molecule has 130 valence electrons. The number of fused-ring (bicyclic) bond motifs is 1. The molecule has 1 saturated heterocycles.